The third kappa shape index (κ3) is 3.27. The van der Waals surface area contributed by atoms with Crippen LogP contribution in [-0.4, -0.2) is 22.8 Å². The molecule has 1 unspecified atom stereocenters. The zero-order valence-electron chi connectivity index (χ0n) is 8.11. The monoisotopic (exact) mass is 259 g/mol. The lowest BCUT2D eigenvalue weighted by molar-refractivity contribution is 0.149. The maximum absolute atomic E-state index is 8.81. The van der Waals surface area contributed by atoms with Crippen molar-refractivity contribution in [2.45, 2.75) is 25.9 Å². The summed E-state index contributed by atoms with van der Waals surface area (Å²) in [7, 11) is 0. The molecule has 0 aliphatic carbocycles. The van der Waals surface area contributed by atoms with Crippen LogP contribution in [0.2, 0.25) is 0 Å². The molecule has 0 saturated carbocycles. The van der Waals surface area contributed by atoms with Gasteiger partial charge in [-0.1, -0.05) is 6.92 Å². The highest BCUT2D eigenvalue weighted by Gasteiger charge is 2.09. The molecule has 0 fully saturated rings. The van der Waals surface area contributed by atoms with Gasteiger partial charge in [-0.05, 0) is 34.5 Å². The van der Waals surface area contributed by atoms with Crippen molar-refractivity contribution in [3.05, 3.63) is 22.9 Å². The Bertz CT molecular complexity index is 281. The van der Waals surface area contributed by atoms with Crippen LogP contribution in [0.3, 0.4) is 0 Å². The van der Waals surface area contributed by atoms with E-state index in [9.17, 15) is 0 Å². The highest BCUT2D eigenvalue weighted by Crippen LogP contribution is 2.23. The van der Waals surface area contributed by atoms with E-state index in [1.54, 1.807) is 6.20 Å². The van der Waals surface area contributed by atoms with Crippen LogP contribution < -0.4 is 4.74 Å². The second-order valence-corrected chi connectivity index (χ2v) is 3.70. The van der Waals surface area contributed by atoms with Crippen LogP contribution >= 0.6 is 15.9 Å². The summed E-state index contributed by atoms with van der Waals surface area (Å²) in [5, 5.41) is 8.81. The molecule has 78 valence electrons. The minimum absolute atomic E-state index is 0.0560. The lowest BCUT2D eigenvalue weighted by Crippen LogP contribution is -2.17. The SMILES string of the molecule is CCC(CCO)Oc1cccnc1Br. The number of rotatable bonds is 5. The van der Waals surface area contributed by atoms with Crippen LogP contribution in [0.4, 0.5) is 0 Å². The second-order valence-electron chi connectivity index (χ2n) is 2.95. The molecule has 0 aliphatic heterocycles. The molecule has 1 aromatic rings. The van der Waals surface area contributed by atoms with Crippen molar-refractivity contribution >= 4 is 15.9 Å². The zero-order chi connectivity index (χ0) is 10.4. The first kappa shape index (κ1) is 11.5. The van der Waals surface area contributed by atoms with Crippen LogP contribution in [0.1, 0.15) is 19.8 Å². The Morgan fingerprint density at radius 1 is 1.64 bits per heavy atom. The predicted molar refractivity (Wildman–Crippen MR) is 58.3 cm³/mol. The molecule has 0 spiro atoms. The van der Waals surface area contributed by atoms with Crippen LogP contribution in [-0.2, 0) is 0 Å². The summed E-state index contributed by atoms with van der Waals surface area (Å²) >= 11 is 3.31. The van der Waals surface area contributed by atoms with Crippen molar-refractivity contribution in [3.63, 3.8) is 0 Å². The Balaban J connectivity index is 2.62. The fourth-order valence-corrected chi connectivity index (χ4v) is 1.47. The number of halogens is 1. The summed E-state index contributed by atoms with van der Waals surface area (Å²) in [6.07, 6.45) is 3.28. The highest BCUT2D eigenvalue weighted by molar-refractivity contribution is 9.10. The van der Waals surface area contributed by atoms with Gasteiger partial charge in [-0.15, -0.1) is 0 Å². The van der Waals surface area contributed by atoms with E-state index in [1.807, 2.05) is 19.1 Å². The van der Waals surface area contributed by atoms with Crippen LogP contribution in [0.5, 0.6) is 5.75 Å². The van der Waals surface area contributed by atoms with Crippen molar-refractivity contribution in [1.29, 1.82) is 0 Å². The second kappa shape index (κ2) is 5.98. The molecule has 1 rings (SSSR count). The van der Waals surface area contributed by atoms with E-state index in [-0.39, 0.29) is 12.7 Å². The molecule has 0 aliphatic rings. The van der Waals surface area contributed by atoms with Crippen molar-refractivity contribution in [2.24, 2.45) is 0 Å². The summed E-state index contributed by atoms with van der Waals surface area (Å²) in [6.45, 7) is 2.18. The lowest BCUT2D eigenvalue weighted by atomic mass is 10.2. The Hall–Kier alpha value is -0.610. The molecule has 3 nitrogen and oxygen atoms in total. The van der Waals surface area contributed by atoms with Gasteiger partial charge in [-0.2, -0.15) is 0 Å². The van der Waals surface area contributed by atoms with Gasteiger partial charge in [0.1, 0.15) is 10.7 Å². The minimum atomic E-state index is 0.0560. The maximum atomic E-state index is 8.81. The van der Waals surface area contributed by atoms with Gasteiger partial charge in [-0.3, -0.25) is 0 Å². The van der Waals surface area contributed by atoms with Crippen molar-refractivity contribution in [1.82, 2.24) is 4.98 Å². The average molecular weight is 260 g/mol. The zero-order valence-corrected chi connectivity index (χ0v) is 9.70. The summed E-state index contributed by atoms with van der Waals surface area (Å²) in [4.78, 5) is 4.06. The van der Waals surface area contributed by atoms with Gasteiger partial charge < -0.3 is 9.84 Å². The van der Waals surface area contributed by atoms with Gasteiger partial charge in [0.2, 0.25) is 0 Å². The van der Waals surface area contributed by atoms with Gasteiger partial charge in [-0.25, -0.2) is 4.98 Å². The molecule has 1 N–H and O–H groups in total. The molecular formula is C10H14BrNO2. The van der Waals surface area contributed by atoms with Crippen molar-refractivity contribution < 1.29 is 9.84 Å². The first-order valence-electron chi connectivity index (χ1n) is 4.66. The summed E-state index contributed by atoms with van der Waals surface area (Å²) < 4.78 is 6.37. The quantitative estimate of drug-likeness (QED) is 0.826. The van der Waals surface area contributed by atoms with Gasteiger partial charge in [0.25, 0.3) is 0 Å². The van der Waals surface area contributed by atoms with E-state index in [2.05, 4.69) is 20.9 Å². The first-order chi connectivity index (χ1) is 6.77. The Labute approximate surface area is 92.3 Å². The van der Waals surface area contributed by atoms with E-state index in [0.717, 1.165) is 12.2 Å². The Morgan fingerprint density at radius 2 is 2.43 bits per heavy atom. The number of hydrogen-bond acceptors (Lipinski definition) is 3. The summed E-state index contributed by atoms with van der Waals surface area (Å²) in [5.41, 5.74) is 0. The molecule has 4 heteroatoms. The minimum Gasteiger partial charge on any atom is -0.488 e. The van der Waals surface area contributed by atoms with Crippen LogP contribution in [0.15, 0.2) is 22.9 Å². The highest BCUT2D eigenvalue weighted by atomic mass is 79.9. The number of aliphatic hydroxyl groups excluding tert-OH is 1. The molecule has 14 heavy (non-hydrogen) atoms. The molecule has 1 heterocycles. The molecule has 1 atom stereocenters. The number of aromatic nitrogens is 1. The third-order valence-corrected chi connectivity index (χ3v) is 2.52. The Morgan fingerprint density at radius 3 is 3.00 bits per heavy atom. The Kier molecular flexibility index (Phi) is 4.90. The number of aliphatic hydroxyl groups is 1. The number of nitrogens with zero attached hydrogens (tertiary/aromatic N) is 1. The van der Waals surface area contributed by atoms with Crippen LogP contribution in [0, 0.1) is 0 Å². The normalized spacial score (nSPS) is 12.5. The molecule has 0 saturated heterocycles. The van der Waals surface area contributed by atoms with E-state index < -0.39 is 0 Å². The van der Waals surface area contributed by atoms with Gasteiger partial charge in [0, 0.05) is 19.2 Å². The predicted octanol–water partition coefficient (Wildman–Crippen LogP) is 2.38. The number of pyridine rings is 1. The van der Waals surface area contributed by atoms with Crippen molar-refractivity contribution in [2.75, 3.05) is 6.61 Å². The van der Waals surface area contributed by atoms with Gasteiger partial charge in [0.15, 0.2) is 5.75 Å². The molecule has 0 radical (unpaired) electrons. The topological polar surface area (TPSA) is 42.4 Å². The van der Waals surface area contributed by atoms with E-state index in [0.29, 0.717) is 11.0 Å². The summed E-state index contributed by atoms with van der Waals surface area (Å²) in [6, 6.07) is 3.68. The fourth-order valence-electron chi connectivity index (χ4n) is 1.13. The van der Waals surface area contributed by atoms with Crippen LogP contribution in [0.25, 0.3) is 0 Å². The molecular weight excluding hydrogens is 246 g/mol. The maximum Gasteiger partial charge on any atom is 0.152 e. The van der Waals surface area contributed by atoms with Gasteiger partial charge >= 0.3 is 0 Å². The molecule has 1 aromatic heterocycles. The summed E-state index contributed by atoms with van der Waals surface area (Å²) in [5.74, 6) is 0.729. The molecule has 0 amide bonds. The molecule has 0 aromatic carbocycles. The third-order valence-electron chi connectivity index (χ3n) is 1.92. The lowest BCUT2D eigenvalue weighted by Gasteiger charge is -2.16. The van der Waals surface area contributed by atoms with Gasteiger partial charge in [0.05, 0.1) is 0 Å². The molecule has 0 bridgehead atoms. The largest absolute Gasteiger partial charge is 0.488 e. The standard InChI is InChI=1S/C10H14BrNO2/c1-2-8(5-7-13)14-9-4-3-6-12-10(9)11/h3-4,6,8,13H,2,5,7H2,1H3. The van der Waals surface area contributed by atoms with E-state index >= 15 is 0 Å². The fraction of sp³-hybridized carbons (Fsp3) is 0.500. The van der Waals surface area contributed by atoms with E-state index in [4.69, 9.17) is 9.84 Å². The smallest absolute Gasteiger partial charge is 0.152 e. The average Bonchev–Trinajstić information content (AvgIpc) is 2.20. The van der Waals surface area contributed by atoms with E-state index in [1.165, 1.54) is 0 Å². The first-order valence-corrected chi connectivity index (χ1v) is 5.45. The number of ether oxygens (including phenoxy) is 1. The number of hydrogen-bond donors (Lipinski definition) is 1. The van der Waals surface area contributed by atoms with Crippen molar-refractivity contribution in [3.8, 4) is 5.75 Å².